The van der Waals surface area contributed by atoms with Gasteiger partial charge in [0, 0.05) is 25.0 Å². The first kappa shape index (κ1) is 14.7. The van der Waals surface area contributed by atoms with Gasteiger partial charge in [0.15, 0.2) is 0 Å². The van der Waals surface area contributed by atoms with Crippen LogP contribution in [0.15, 0.2) is 28.2 Å². The van der Waals surface area contributed by atoms with Crippen LogP contribution in [-0.2, 0) is 10.0 Å². The third kappa shape index (κ3) is 3.33. The van der Waals surface area contributed by atoms with E-state index in [9.17, 15) is 26.4 Å². The number of pyridine rings is 1. The molecular weight excluding hydrogens is 273 g/mol. The van der Waals surface area contributed by atoms with Crippen LogP contribution in [0.3, 0.4) is 0 Å². The summed E-state index contributed by atoms with van der Waals surface area (Å²) in [6.07, 6.45) is -2.59. The molecule has 1 heterocycles. The van der Waals surface area contributed by atoms with E-state index in [0.29, 0.717) is 0 Å². The zero-order valence-corrected chi connectivity index (χ0v) is 10.2. The lowest BCUT2D eigenvalue weighted by molar-refractivity contribution is -0.135. The number of rotatable bonds is 4. The van der Waals surface area contributed by atoms with Crippen molar-refractivity contribution in [3.05, 3.63) is 28.7 Å². The summed E-state index contributed by atoms with van der Waals surface area (Å²) in [5.41, 5.74) is -0.852. The summed E-state index contributed by atoms with van der Waals surface area (Å²) in [5, 5.41) is 0. The van der Waals surface area contributed by atoms with Gasteiger partial charge in [-0.15, -0.1) is 0 Å². The predicted molar refractivity (Wildman–Crippen MR) is 57.6 cm³/mol. The van der Waals surface area contributed by atoms with Crippen LogP contribution < -0.4 is 5.43 Å². The molecule has 0 fully saturated rings. The Labute approximate surface area is 101 Å². The number of aromatic amines is 1. The van der Waals surface area contributed by atoms with Crippen LogP contribution in [0.1, 0.15) is 6.92 Å². The molecule has 1 rings (SSSR count). The minimum atomic E-state index is -4.66. The second-order valence-electron chi connectivity index (χ2n) is 3.42. The van der Waals surface area contributed by atoms with E-state index in [4.69, 9.17) is 0 Å². The van der Waals surface area contributed by atoms with E-state index in [-0.39, 0.29) is 10.8 Å². The molecule has 0 bridgehead atoms. The lowest BCUT2D eigenvalue weighted by Crippen LogP contribution is -2.40. The van der Waals surface area contributed by atoms with Crippen molar-refractivity contribution in [3.8, 4) is 0 Å². The molecule has 1 aromatic rings. The quantitative estimate of drug-likeness (QED) is 0.894. The molecule has 1 aromatic heterocycles. The van der Waals surface area contributed by atoms with E-state index in [1.807, 2.05) is 0 Å². The van der Waals surface area contributed by atoms with E-state index >= 15 is 0 Å². The van der Waals surface area contributed by atoms with Crippen LogP contribution in [0.4, 0.5) is 13.2 Å². The monoisotopic (exact) mass is 284 g/mol. The second-order valence-corrected chi connectivity index (χ2v) is 5.33. The lowest BCUT2D eigenvalue weighted by Gasteiger charge is -2.21. The third-order valence-corrected chi connectivity index (χ3v) is 4.06. The maximum atomic E-state index is 12.2. The van der Waals surface area contributed by atoms with Gasteiger partial charge in [-0.05, 0) is 0 Å². The van der Waals surface area contributed by atoms with Crippen molar-refractivity contribution in [1.82, 2.24) is 9.29 Å². The van der Waals surface area contributed by atoms with Crippen molar-refractivity contribution >= 4 is 10.0 Å². The second kappa shape index (κ2) is 5.11. The molecule has 1 N–H and O–H groups in total. The highest BCUT2D eigenvalue weighted by molar-refractivity contribution is 7.89. The van der Waals surface area contributed by atoms with Gasteiger partial charge >= 0.3 is 6.18 Å². The molecule has 0 saturated heterocycles. The van der Waals surface area contributed by atoms with Gasteiger partial charge in [-0.25, -0.2) is 8.42 Å². The molecule has 9 heteroatoms. The first-order valence-corrected chi connectivity index (χ1v) is 6.36. The molecule has 0 aromatic carbocycles. The Hall–Kier alpha value is -1.35. The van der Waals surface area contributed by atoms with Gasteiger partial charge in [-0.1, -0.05) is 6.92 Å². The molecule has 0 saturated carbocycles. The van der Waals surface area contributed by atoms with E-state index < -0.39 is 33.1 Å². The zero-order valence-electron chi connectivity index (χ0n) is 9.36. The largest absolute Gasteiger partial charge is 0.402 e. The van der Waals surface area contributed by atoms with E-state index in [0.717, 1.165) is 12.3 Å². The standard InChI is InChI=1S/C9H11F3N2O3S/c1-2-14(6-9(10,11)12)18(16,17)8-5-13-4-3-7(8)15/h3-5H,2,6H2,1H3,(H,13,15). The predicted octanol–water partition coefficient (Wildman–Crippen LogP) is 0.948. The maximum Gasteiger partial charge on any atom is 0.402 e. The fourth-order valence-electron chi connectivity index (χ4n) is 1.31. The number of alkyl halides is 3. The number of halogens is 3. The van der Waals surface area contributed by atoms with Crippen molar-refractivity contribution < 1.29 is 21.6 Å². The Kier molecular flexibility index (Phi) is 4.17. The molecule has 18 heavy (non-hydrogen) atoms. The molecule has 0 atom stereocenters. The summed E-state index contributed by atoms with van der Waals surface area (Å²) < 4.78 is 60.7. The summed E-state index contributed by atoms with van der Waals surface area (Å²) in [4.78, 5) is 13.0. The number of sulfonamides is 1. The minimum absolute atomic E-state index is 0.206. The maximum absolute atomic E-state index is 12.2. The van der Waals surface area contributed by atoms with Crippen molar-refractivity contribution in [3.63, 3.8) is 0 Å². The highest BCUT2D eigenvalue weighted by Gasteiger charge is 2.36. The van der Waals surface area contributed by atoms with Crippen molar-refractivity contribution in [2.75, 3.05) is 13.1 Å². The summed E-state index contributed by atoms with van der Waals surface area (Å²) in [7, 11) is -4.45. The van der Waals surface area contributed by atoms with Gasteiger partial charge in [-0.3, -0.25) is 4.79 Å². The molecule has 0 amide bonds. The van der Waals surface area contributed by atoms with Crippen molar-refractivity contribution in [2.24, 2.45) is 0 Å². The third-order valence-electron chi connectivity index (χ3n) is 2.11. The van der Waals surface area contributed by atoms with Crippen LogP contribution in [0.2, 0.25) is 0 Å². The Morgan fingerprint density at radius 3 is 2.44 bits per heavy atom. The number of H-pyrrole nitrogens is 1. The van der Waals surface area contributed by atoms with Gasteiger partial charge < -0.3 is 4.98 Å². The summed E-state index contributed by atoms with van der Waals surface area (Å²) in [6, 6.07) is 0.939. The Morgan fingerprint density at radius 2 is 2.00 bits per heavy atom. The van der Waals surface area contributed by atoms with Crippen molar-refractivity contribution in [2.45, 2.75) is 18.0 Å². The van der Waals surface area contributed by atoms with Crippen LogP contribution in [-0.4, -0.2) is 37.0 Å². The van der Waals surface area contributed by atoms with E-state index in [1.54, 1.807) is 0 Å². The van der Waals surface area contributed by atoms with E-state index in [2.05, 4.69) is 4.98 Å². The average molecular weight is 284 g/mol. The molecule has 0 radical (unpaired) electrons. The van der Waals surface area contributed by atoms with Gasteiger partial charge in [0.05, 0.1) is 0 Å². The number of aromatic nitrogens is 1. The number of hydrogen-bond acceptors (Lipinski definition) is 3. The van der Waals surface area contributed by atoms with Gasteiger partial charge in [0.2, 0.25) is 15.5 Å². The first-order chi connectivity index (χ1) is 8.18. The van der Waals surface area contributed by atoms with Crippen molar-refractivity contribution in [1.29, 1.82) is 0 Å². The van der Waals surface area contributed by atoms with Gasteiger partial charge in [-0.2, -0.15) is 17.5 Å². The Bertz CT molecular complexity index is 565. The summed E-state index contributed by atoms with van der Waals surface area (Å²) >= 11 is 0. The molecule has 0 aliphatic rings. The van der Waals surface area contributed by atoms with E-state index in [1.165, 1.54) is 13.1 Å². The fourth-order valence-corrected chi connectivity index (χ4v) is 2.78. The number of hydrogen-bond donors (Lipinski definition) is 1. The number of nitrogens with one attached hydrogen (secondary N) is 1. The molecule has 0 unspecified atom stereocenters. The van der Waals surface area contributed by atoms with Crippen LogP contribution in [0.5, 0.6) is 0 Å². The topological polar surface area (TPSA) is 70.2 Å². The van der Waals surface area contributed by atoms with Crippen LogP contribution >= 0.6 is 0 Å². The Morgan fingerprint density at radius 1 is 1.39 bits per heavy atom. The molecule has 0 aliphatic carbocycles. The molecule has 0 aliphatic heterocycles. The smallest absolute Gasteiger partial charge is 0.366 e. The van der Waals surface area contributed by atoms with Crippen LogP contribution in [0.25, 0.3) is 0 Å². The highest BCUT2D eigenvalue weighted by Crippen LogP contribution is 2.20. The SMILES string of the molecule is CCN(CC(F)(F)F)S(=O)(=O)c1c[nH]ccc1=O. The fraction of sp³-hybridized carbons (Fsp3) is 0.444. The molecule has 0 spiro atoms. The number of nitrogens with zero attached hydrogens (tertiary/aromatic N) is 1. The molecule has 102 valence electrons. The normalized spacial score (nSPS) is 12.9. The average Bonchev–Trinajstić information content (AvgIpc) is 2.24. The zero-order chi connectivity index (χ0) is 14.0. The molecule has 5 nitrogen and oxygen atoms in total. The van der Waals surface area contributed by atoms with Gasteiger partial charge in [0.1, 0.15) is 11.4 Å². The minimum Gasteiger partial charge on any atom is -0.366 e. The van der Waals surface area contributed by atoms with Gasteiger partial charge in [0.25, 0.3) is 0 Å². The lowest BCUT2D eigenvalue weighted by atomic mass is 10.5. The Balaban J connectivity index is 3.20. The highest BCUT2D eigenvalue weighted by atomic mass is 32.2. The summed E-state index contributed by atoms with van der Waals surface area (Å²) in [5.74, 6) is 0. The first-order valence-electron chi connectivity index (χ1n) is 4.92. The summed E-state index contributed by atoms with van der Waals surface area (Å²) in [6.45, 7) is -0.739. The van der Waals surface area contributed by atoms with Crippen LogP contribution in [0, 0.1) is 0 Å². The molecular formula is C9H11F3N2O3S.